The Morgan fingerprint density at radius 2 is 1.80 bits per heavy atom. The maximum absolute atomic E-state index is 12.9. The van der Waals surface area contributed by atoms with Gasteiger partial charge < -0.3 is 24.8 Å². The van der Waals surface area contributed by atoms with Gasteiger partial charge in [0.1, 0.15) is 17.2 Å². The van der Waals surface area contributed by atoms with Gasteiger partial charge in [0, 0.05) is 43.0 Å². The number of amides is 1. The standard InChI is InChI=1S/C25H31N7O3/c1-30(2)18-9-11-31(12-10-18)23(33)16-7-8-21(26-14-16)28-25-27-15-17-13-20(24(34)35)32(22(17)29-25)19-5-3-4-6-19/h7-8,13-15,18-19H,3-6,9-12H2,1-2H3,(H,34,35)(H,26,27,28,29). The molecule has 35 heavy (non-hydrogen) atoms. The molecule has 5 rings (SSSR count). The van der Waals surface area contributed by atoms with Gasteiger partial charge in [0.15, 0.2) is 0 Å². The number of aromatic nitrogens is 4. The first-order valence-electron chi connectivity index (χ1n) is 12.2. The number of hydrogen-bond acceptors (Lipinski definition) is 7. The van der Waals surface area contributed by atoms with Gasteiger partial charge in [-0.15, -0.1) is 0 Å². The van der Waals surface area contributed by atoms with Crippen LogP contribution in [-0.2, 0) is 0 Å². The van der Waals surface area contributed by atoms with Crippen LogP contribution in [0.5, 0.6) is 0 Å². The lowest BCUT2D eigenvalue weighted by Gasteiger charge is -2.35. The predicted octanol–water partition coefficient (Wildman–Crippen LogP) is 3.55. The molecule has 184 valence electrons. The Morgan fingerprint density at radius 1 is 1.06 bits per heavy atom. The van der Waals surface area contributed by atoms with Gasteiger partial charge >= 0.3 is 5.97 Å². The zero-order valence-electron chi connectivity index (χ0n) is 20.1. The number of hydrogen-bond donors (Lipinski definition) is 2. The number of rotatable bonds is 6. The summed E-state index contributed by atoms with van der Waals surface area (Å²) in [6.45, 7) is 1.49. The molecule has 1 aliphatic carbocycles. The van der Waals surface area contributed by atoms with Crippen LogP contribution in [0.25, 0.3) is 11.0 Å². The summed E-state index contributed by atoms with van der Waals surface area (Å²) < 4.78 is 1.84. The van der Waals surface area contributed by atoms with Gasteiger partial charge in [-0.1, -0.05) is 12.8 Å². The number of aromatic carboxylic acids is 1. The Balaban J connectivity index is 1.32. The van der Waals surface area contributed by atoms with E-state index in [1.165, 1.54) is 0 Å². The van der Waals surface area contributed by atoms with E-state index in [0.29, 0.717) is 34.4 Å². The number of likely N-dealkylation sites (tertiary alicyclic amines) is 1. The highest BCUT2D eigenvalue weighted by molar-refractivity contribution is 5.94. The molecule has 3 aromatic rings. The van der Waals surface area contributed by atoms with Crippen LogP contribution in [0.3, 0.4) is 0 Å². The number of carbonyl (C=O) groups excluding carboxylic acids is 1. The maximum Gasteiger partial charge on any atom is 0.352 e. The van der Waals surface area contributed by atoms with Crippen LogP contribution in [0.4, 0.5) is 11.8 Å². The van der Waals surface area contributed by atoms with Gasteiger partial charge in [0.2, 0.25) is 5.95 Å². The summed E-state index contributed by atoms with van der Waals surface area (Å²) >= 11 is 0. The lowest BCUT2D eigenvalue weighted by atomic mass is 10.0. The molecule has 0 bridgehead atoms. The zero-order chi connectivity index (χ0) is 24.5. The Bertz CT molecular complexity index is 1220. The van der Waals surface area contributed by atoms with Crippen molar-refractivity contribution in [2.45, 2.75) is 50.6 Å². The number of anilines is 2. The van der Waals surface area contributed by atoms with E-state index in [2.05, 4.69) is 39.3 Å². The summed E-state index contributed by atoms with van der Waals surface area (Å²) in [5.41, 5.74) is 1.41. The van der Waals surface area contributed by atoms with E-state index in [1.807, 2.05) is 9.47 Å². The van der Waals surface area contributed by atoms with E-state index in [0.717, 1.165) is 51.6 Å². The van der Waals surface area contributed by atoms with Crippen molar-refractivity contribution in [2.75, 3.05) is 32.5 Å². The van der Waals surface area contributed by atoms with Gasteiger partial charge in [-0.2, -0.15) is 4.98 Å². The Labute approximate surface area is 204 Å². The second kappa shape index (κ2) is 9.61. The number of carboxylic acids is 1. The lowest BCUT2D eigenvalue weighted by Crippen LogP contribution is -2.44. The molecule has 10 nitrogen and oxygen atoms in total. The number of nitrogens with one attached hydrogen (secondary N) is 1. The summed E-state index contributed by atoms with van der Waals surface area (Å²) in [6.07, 6.45) is 9.21. The average Bonchev–Trinajstić information content (AvgIpc) is 3.52. The minimum Gasteiger partial charge on any atom is -0.477 e. The van der Waals surface area contributed by atoms with Gasteiger partial charge in [-0.3, -0.25) is 4.79 Å². The van der Waals surface area contributed by atoms with Crippen LogP contribution in [-0.4, -0.2) is 79.5 Å². The number of piperidine rings is 1. The van der Waals surface area contributed by atoms with Crippen molar-refractivity contribution in [3.05, 3.63) is 41.9 Å². The van der Waals surface area contributed by atoms with Crippen LogP contribution < -0.4 is 5.32 Å². The van der Waals surface area contributed by atoms with Crippen LogP contribution in [0, 0.1) is 0 Å². The number of fused-ring (bicyclic) bond motifs is 1. The molecule has 2 aliphatic rings. The molecule has 3 aromatic heterocycles. The lowest BCUT2D eigenvalue weighted by molar-refractivity contribution is 0.0660. The molecule has 1 saturated carbocycles. The Kier molecular flexibility index (Phi) is 6.38. The topological polar surface area (TPSA) is 116 Å². The summed E-state index contributed by atoms with van der Waals surface area (Å²) in [5, 5.41) is 13.5. The van der Waals surface area contributed by atoms with Crippen molar-refractivity contribution >= 4 is 34.7 Å². The molecule has 2 N–H and O–H groups in total. The largest absolute Gasteiger partial charge is 0.477 e. The first-order valence-corrected chi connectivity index (χ1v) is 12.2. The van der Waals surface area contributed by atoms with E-state index in [1.54, 1.807) is 30.6 Å². The molecule has 1 saturated heterocycles. The highest BCUT2D eigenvalue weighted by Gasteiger charge is 2.26. The molecule has 2 fully saturated rings. The Hall–Kier alpha value is -3.53. The molecule has 10 heteroatoms. The normalized spacial score (nSPS) is 17.4. The van der Waals surface area contributed by atoms with Crippen molar-refractivity contribution in [3.63, 3.8) is 0 Å². The second-order valence-electron chi connectivity index (χ2n) is 9.66. The first-order chi connectivity index (χ1) is 16.9. The number of carbonyl (C=O) groups is 2. The molecule has 0 radical (unpaired) electrons. The van der Waals surface area contributed by atoms with Crippen molar-refractivity contribution in [1.82, 2.24) is 29.3 Å². The smallest absolute Gasteiger partial charge is 0.352 e. The molecular weight excluding hydrogens is 446 g/mol. The molecule has 0 atom stereocenters. The van der Waals surface area contributed by atoms with Crippen LogP contribution in [0.1, 0.15) is 65.4 Å². The van der Waals surface area contributed by atoms with Gasteiger partial charge in [-0.05, 0) is 58.0 Å². The molecule has 0 aromatic carbocycles. The second-order valence-corrected chi connectivity index (χ2v) is 9.66. The van der Waals surface area contributed by atoms with E-state index in [-0.39, 0.29) is 17.6 Å². The number of carboxylic acid groups (broad SMARTS) is 1. The van der Waals surface area contributed by atoms with Crippen molar-refractivity contribution in [2.24, 2.45) is 0 Å². The molecule has 1 aliphatic heterocycles. The van der Waals surface area contributed by atoms with Crippen molar-refractivity contribution in [1.29, 1.82) is 0 Å². The highest BCUT2D eigenvalue weighted by atomic mass is 16.4. The fourth-order valence-corrected chi connectivity index (χ4v) is 5.24. The Morgan fingerprint density at radius 3 is 2.43 bits per heavy atom. The van der Waals surface area contributed by atoms with Crippen molar-refractivity contribution in [3.8, 4) is 0 Å². The van der Waals surface area contributed by atoms with E-state index in [4.69, 9.17) is 0 Å². The molecular formula is C25H31N7O3. The average molecular weight is 478 g/mol. The van der Waals surface area contributed by atoms with E-state index in [9.17, 15) is 14.7 Å². The minimum absolute atomic E-state index is 0.00508. The van der Waals surface area contributed by atoms with Gasteiger partial charge in [0.25, 0.3) is 5.91 Å². The van der Waals surface area contributed by atoms with E-state index < -0.39 is 5.97 Å². The fraction of sp³-hybridized carbons (Fsp3) is 0.480. The SMILES string of the molecule is CN(C)C1CCN(C(=O)c2ccc(Nc3ncc4cc(C(=O)O)n(C5CCCC5)c4n3)nc2)CC1. The number of nitrogens with zero attached hydrogens (tertiary/aromatic N) is 6. The summed E-state index contributed by atoms with van der Waals surface area (Å²) in [7, 11) is 4.16. The maximum atomic E-state index is 12.9. The molecule has 0 unspecified atom stereocenters. The monoisotopic (exact) mass is 477 g/mol. The van der Waals surface area contributed by atoms with Crippen molar-refractivity contribution < 1.29 is 14.7 Å². The fourth-order valence-electron chi connectivity index (χ4n) is 5.24. The predicted molar refractivity (Wildman–Crippen MR) is 132 cm³/mol. The van der Waals surface area contributed by atoms with Gasteiger partial charge in [0.05, 0.1) is 5.56 Å². The molecule has 4 heterocycles. The molecule has 1 amide bonds. The summed E-state index contributed by atoms with van der Waals surface area (Å²) in [6, 6.07) is 5.79. The third kappa shape index (κ3) is 4.70. The minimum atomic E-state index is -0.961. The summed E-state index contributed by atoms with van der Waals surface area (Å²) in [4.78, 5) is 42.2. The van der Waals surface area contributed by atoms with Crippen LogP contribution >= 0.6 is 0 Å². The van der Waals surface area contributed by atoms with Crippen LogP contribution in [0.2, 0.25) is 0 Å². The highest BCUT2D eigenvalue weighted by Crippen LogP contribution is 2.34. The number of pyridine rings is 1. The quantitative estimate of drug-likeness (QED) is 0.554. The van der Waals surface area contributed by atoms with Gasteiger partial charge in [-0.25, -0.2) is 14.8 Å². The van der Waals surface area contributed by atoms with E-state index >= 15 is 0 Å². The third-order valence-corrected chi connectivity index (χ3v) is 7.22. The molecule has 0 spiro atoms. The first kappa shape index (κ1) is 23.2. The zero-order valence-corrected chi connectivity index (χ0v) is 20.1. The summed E-state index contributed by atoms with van der Waals surface area (Å²) in [5.74, 6) is -0.111. The van der Waals surface area contributed by atoms with Crippen LogP contribution in [0.15, 0.2) is 30.6 Å². The third-order valence-electron chi connectivity index (χ3n) is 7.22.